The summed E-state index contributed by atoms with van der Waals surface area (Å²) in [6.45, 7) is 13.4. The Bertz CT molecular complexity index is 326. The Kier molecular flexibility index (Phi) is 5.79. The fraction of sp³-hybridized carbons (Fsp3) is 0.857. The molecule has 0 aromatic rings. The van der Waals surface area contributed by atoms with E-state index in [4.69, 9.17) is 9.47 Å². The van der Waals surface area contributed by atoms with Crippen molar-refractivity contribution < 1.29 is 14.3 Å². The number of nitrogens with zero attached hydrogens (tertiary/aromatic N) is 2. The Morgan fingerprint density at radius 3 is 2.37 bits per heavy atom. The van der Waals surface area contributed by atoms with Crippen LogP contribution in [-0.4, -0.2) is 49.7 Å². The first-order valence-electron chi connectivity index (χ1n) is 6.87. The Morgan fingerprint density at radius 1 is 1.32 bits per heavy atom. The van der Waals surface area contributed by atoms with Crippen LogP contribution in [0.4, 0.5) is 4.79 Å². The molecule has 1 aliphatic heterocycles. The number of carbonyl (C=O) groups is 1. The molecule has 0 unspecified atom stereocenters. The molecular weight excluding hydrogens is 244 g/mol. The minimum atomic E-state index is -0.495. The maximum absolute atomic E-state index is 11.8. The van der Waals surface area contributed by atoms with Gasteiger partial charge in [-0.1, -0.05) is 34.6 Å². The smallest absolute Gasteiger partial charge is 0.435 e. The number of hydrogen-bond acceptors (Lipinski definition) is 3. The third kappa shape index (κ3) is 6.05. The molecule has 1 heterocycles. The first-order chi connectivity index (χ1) is 8.79. The van der Waals surface area contributed by atoms with Gasteiger partial charge < -0.3 is 14.4 Å². The highest BCUT2D eigenvalue weighted by Gasteiger charge is 2.20. The van der Waals surface area contributed by atoms with Crippen molar-refractivity contribution in [1.82, 2.24) is 4.90 Å². The maximum atomic E-state index is 11.8. The van der Waals surface area contributed by atoms with Crippen molar-refractivity contribution in [2.24, 2.45) is 16.3 Å². The molecule has 0 bridgehead atoms. The van der Waals surface area contributed by atoms with E-state index in [1.807, 2.05) is 34.6 Å². The molecule has 0 aliphatic carbocycles. The van der Waals surface area contributed by atoms with Crippen LogP contribution in [0.2, 0.25) is 0 Å². The van der Waals surface area contributed by atoms with E-state index in [0.717, 1.165) is 18.9 Å². The lowest BCUT2D eigenvalue weighted by Gasteiger charge is -2.31. The van der Waals surface area contributed by atoms with E-state index in [9.17, 15) is 4.79 Å². The van der Waals surface area contributed by atoms with Crippen molar-refractivity contribution in [2.45, 2.75) is 34.6 Å². The number of rotatable bonds is 2. The molecule has 0 spiro atoms. The maximum Gasteiger partial charge on any atom is 0.435 e. The van der Waals surface area contributed by atoms with Crippen molar-refractivity contribution in [2.75, 3.05) is 32.9 Å². The lowest BCUT2D eigenvalue weighted by atomic mass is 9.99. The van der Waals surface area contributed by atoms with E-state index in [1.165, 1.54) is 0 Å². The van der Waals surface area contributed by atoms with Gasteiger partial charge in [0.2, 0.25) is 0 Å². The molecule has 1 fully saturated rings. The van der Waals surface area contributed by atoms with Crippen LogP contribution in [0.15, 0.2) is 4.99 Å². The second-order valence-electron chi connectivity index (χ2n) is 6.34. The monoisotopic (exact) mass is 270 g/mol. The summed E-state index contributed by atoms with van der Waals surface area (Å²) in [6, 6.07) is 0. The Morgan fingerprint density at radius 2 is 1.89 bits per heavy atom. The van der Waals surface area contributed by atoms with Crippen molar-refractivity contribution in [3.63, 3.8) is 0 Å². The second kappa shape index (κ2) is 6.89. The highest BCUT2D eigenvalue weighted by molar-refractivity contribution is 5.93. The van der Waals surface area contributed by atoms with E-state index < -0.39 is 6.09 Å². The SMILES string of the molecule is CC(C)/C(=N/C(=O)OCC(C)(C)C)N1CCOCC1. The molecular formula is C14H26N2O3. The summed E-state index contributed by atoms with van der Waals surface area (Å²) in [6.07, 6.45) is -0.495. The highest BCUT2D eigenvalue weighted by Crippen LogP contribution is 2.14. The zero-order chi connectivity index (χ0) is 14.5. The van der Waals surface area contributed by atoms with Gasteiger partial charge in [0, 0.05) is 19.0 Å². The minimum Gasteiger partial charge on any atom is -0.447 e. The molecule has 1 saturated heterocycles. The predicted molar refractivity (Wildman–Crippen MR) is 75.5 cm³/mol. The van der Waals surface area contributed by atoms with Gasteiger partial charge in [-0.3, -0.25) is 0 Å². The molecule has 5 heteroatoms. The first kappa shape index (κ1) is 16.0. The molecule has 0 aromatic heterocycles. The third-order valence-corrected chi connectivity index (χ3v) is 2.69. The Balaban J connectivity index is 2.64. The summed E-state index contributed by atoms with van der Waals surface area (Å²) in [5, 5.41) is 0. The van der Waals surface area contributed by atoms with Crippen molar-refractivity contribution >= 4 is 11.9 Å². The van der Waals surface area contributed by atoms with Gasteiger partial charge in [-0.25, -0.2) is 4.79 Å². The number of ether oxygens (including phenoxy) is 2. The summed E-state index contributed by atoms with van der Waals surface area (Å²) in [5.74, 6) is 0.988. The number of aliphatic imine (C=N–C) groups is 1. The summed E-state index contributed by atoms with van der Waals surface area (Å²) in [7, 11) is 0. The van der Waals surface area contributed by atoms with Crippen LogP contribution in [0, 0.1) is 11.3 Å². The van der Waals surface area contributed by atoms with E-state index in [1.54, 1.807) is 0 Å². The first-order valence-corrected chi connectivity index (χ1v) is 6.87. The van der Waals surface area contributed by atoms with E-state index in [-0.39, 0.29) is 11.3 Å². The fourth-order valence-electron chi connectivity index (χ4n) is 1.76. The van der Waals surface area contributed by atoms with Crippen molar-refractivity contribution in [1.29, 1.82) is 0 Å². The quantitative estimate of drug-likeness (QED) is 0.571. The van der Waals surface area contributed by atoms with E-state index in [0.29, 0.717) is 19.8 Å². The average Bonchev–Trinajstić information content (AvgIpc) is 2.33. The summed E-state index contributed by atoms with van der Waals surface area (Å²) < 4.78 is 10.5. The summed E-state index contributed by atoms with van der Waals surface area (Å²) in [4.78, 5) is 18.0. The molecule has 5 nitrogen and oxygen atoms in total. The van der Waals surface area contributed by atoms with Gasteiger partial charge in [-0.15, -0.1) is 0 Å². The lowest BCUT2D eigenvalue weighted by molar-refractivity contribution is 0.0657. The second-order valence-corrected chi connectivity index (χ2v) is 6.34. The molecule has 0 aromatic carbocycles. The van der Waals surface area contributed by atoms with Gasteiger partial charge in [0.25, 0.3) is 0 Å². The molecule has 110 valence electrons. The Labute approximate surface area is 116 Å². The van der Waals surface area contributed by atoms with Gasteiger partial charge in [0.15, 0.2) is 0 Å². The van der Waals surface area contributed by atoms with E-state index in [2.05, 4.69) is 9.89 Å². The fourth-order valence-corrected chi connectivity index (χ4v) is 1.76. The number of morpholine rings is 1. The zero-order valence-corrected chi connectivity index (χ0v) is 12.7. The van der Waals surface area contributed by atoms with Gasteiger partial charge in [0.1, 0.15) is 5.84 Å². The molecule has 0 atom stereocenters. The molecule has 0 radical (unpaired) electrons. The topological polar surface area (TPSA) is 51.1 Å². The van der Waals surface area contributed by atoms with Gasteiger partial charge in [-0.05, 0) is 5.41 Å². The summed E-state index contributed by atoms with van der Waals surface area (Å²) in [5.41, 5.74) is -0.0395. The lowest BCUT2D eigenvalue weighted by Crippen LogP contribution is -2.43. The largest absolute Gasteiger partial charge is 0.447 e. The molecule has 0 N–H and O–H groups in total. The van der Waals surface area contributed by atoms with Gasteiger partial charge in [-0.2, -0.15) is 4.99 Å². The zero-order valence-electron chi connectivity index (χ0n) is 12.7. The van der Waals surface area contributed by atoms with Crippen molar-refractivity contribution in [3.05, 3.63) is 0 Å². The number of amidine groups is 1. The van der Waals surface area contributed by atoms with Crippen LogP contribution in [0.1, 0.15) is 34.6 Å². The number of carbonyl (C=O) groups excluding carboxylic acids is 1. The standard InChI is InChI=1S/C14H26N2O3/c1-11(2)12(16-6-8-18-9-7-16)15-13(17)19-10-14(3,4)5/h11H,6-10H2,1-5H3/b15-12-. The van der Waals surface area contributed by atoms with Crippen molar-refractivity contribution in [3.8, 4) is 0 Å². The molecule has 0 saturated carbocycles. The third-order valence-electron chi connectivity index (χ3n) is 2.69. The number of hydrogen-bond donors (Lipinski definition) is 0. The predicted octanol–water partition coefficient (Wildman–Crippen LogP) is 2.56. The normalized spacial score (nSPS) is 17.8. The van der Waals surface area contributed by atoms with Crippen LogP contribution in [0.25, 0.3) is 0 Å². The van der Waals surface area contributed by atoms with E-state index >= 15 is 0 Å². The van der Waals surface area contributed by atoms with Crippen LogP contribution in [-0.2, 0) is 9.47 Å². The highest BCUT2D eigenvalue weighted by atomic mass is 16.5. The van der Waals surface area contributed by atoms with Crippen LogP contribution >= 0.6 is 0 Å². The molecule has 19 heavy (non-hydrogen) atoms. The molecule has 1 amide bonds. The number of amides is 1. The van der Waals surface area contributed by atoms with Crippen LogP contribution in [0.5, 0.6) is 0 Å². The minimum absolute atomic E-state index is 0.0395. The molecule has 1 rings (SSSR count). The Hall–Kier alpha value is -1.10. The van der Waals surface area contributed by atoms with Crippen LogP contribution < -0.4 is 0 Å². The van der Waals surface area contributed by atoms with Gasteiger partial charge in [0.05, 0.1) is 19.8 Å². The van der Waals surface area contributed by atoms with Crippen LogP contribution in [0.3, 0.4) is 0 Å². The summed E-state index contributed by atoms with van der Waals surface area (Å²) >= 11 is 0. The molecule has 1 aliphatic rings. The van der Waals surface area contributed by atoms with Gasteiger partial charge >= 0.3 is 6.09 Å². The average molecular weight is 270 g/mol.